The van der Waals surface area contributed by atoms with Gasteiger partial charge in [0, 0.05) is 149 Å². The monoisotopic (exact) mass is 1360 g/mol. The number of amides is 4. The molecule has 12 heterocycles. The summed E-state index contributed by atoms with van der Waals surface area (Å²) in [6.07, 6.45) is 1.51. The van der Waals surface area contributed by atoms with Crippen LogP contribution in [0.2, 0.25) is 0 Å². The Morgan fingerprint density at radius 1 is 0.434 bits per heavy atom. The van der Waals surface area contributed by atoms with Gasteiger partial charge in [0.05, 0.1) is 71.7 Å². The topological polar surface area (TPSA) is 410 Å². The van der Waals surface area contributed by atoms with Crippen molar-refractivity contribution in [3.8, 4) is 45.0 Å². The van der Waals surface area contributed by atoms with Crippen molar-refractivity contribution in [1.29, 1.82) is 0 Å². The highest BCUT2D eigenvalue weighted by Crippen LogP contribution is 2.43. The number of nitrogens with two attached hydrogens (primary N) is 4. The number of hydrogen-bond acceptors (Lipinski definition) is 16. The van der Waals surface area contributed by atoms with Gasteiger partial charge in [0.1, 0.15) is 47.9 Å². The molecule has 12 N–H and O–H groups in total. The Hall–Kier alpha value is -10.8. The number of hydrogen-bond donors (Lipinski definition) is 8. The zero-order valence-electron chi connectivity index (χ0n) is 75.8. The van der Waals surface area contributed by atoms with Crippen LogP contribution in [0.5, 0.6) is 0 Å². The van der Waals surface area contributed by atoms with Crippen LogP contribution in [0.1, 0.15) is 184 Å². The Morgan fingerprint density at radius 3 is 1.11 bits per heavy atom. The predicted octanol–water partition coefficient (Wildman–Crippen LogP) is 10.5. The standard InChI is InChI=1S/3C18H22N6O.C17H20N6O/c3*1-11-2-3-12(6-11)15(7-16(19)25)24-9-13(8-23-24)17-14-4-5-20-18(14)22-10-21-17;18-15(24)7-14(11-3-1-2-4-11)23-9-12(8-22-23)16-13-5-6-19-17(13)21-10-20-16/h3*4-5,8-12,15H,2-3,6-7H2,1H3,(H2,19,25)(H,20,21,22);5-6,8-11,14H,1-4,7H2,(H2,18,24)(H,19,20,21)/t3*11?,12?,15-;14-/m1111/s1/i2D2,3D2,6D2,11D,12D;2D2,3D2,6D2,11D;2D2,11D;3D2,4D2. The maximum Gasteiger partial charge on any atom is 0.219 e. The van der Waals surface area contributed by atoms with Crippen molar-refractivity contribution in [1.82, 2.24) is 98.9 Å². The van der Waals surface area contributed by atoms with Crippen LogP contribution in [0.3, 0.4) is 0 Å². The van der Waals surface area contributed by atoms with E-state index in [1.54, 1.807) is 73.3 Å². The molecule has 28 nitrogen and oxygen atoms in total. The van der Waals surface area contributed by atoms with Crippen molar-refractivity contribution in [3.05, 3.63) is 124 Å². The molecule has 4 saturated carbocycles. The highest BCUT2D eigenvalue weighted by molar-refractivity contribution is 5.92. The Bertz CT molecular complexity index is 5800. The smallest absolute Gasteiger partial charge is 0.219 e. The molecule has 6 unspecified atom stereocenters. The van der Waals surface area contributed by atoms with Gasteiger partial charge in [-0.05, 0) is 117 Å². The molecule has 16 rings (SSSR count). The summed E-state index contributed by atoms with van der Waals surface area (Å²) >= 11 is 0. The van der Waals surface area contributed by atoms with Gasteiger partial charge >= 0.3 is 0 Å². The maximum absolute atomic E-state index is 11.9. The Labute approximate surface area is 601 Å². The van der Waals surface area contributed by atoms with E-state index in [1.165, 1.54) is 59.5 Å². The number of carbonyl (C=O) groups excluding carboxylic acids is 4. The first kappa shape index (κ1) is 44.9. The van der Waals surface area contributed by atoms with Crippen LogP contribution >= 0.6 is 0 Å². The van der Waals surface area contributed by atoms with Crippen LogP contribution in [-0.2, 0) is 19.2 Å². The van der Waals surface area contributed by atoms with Crippen LogP contribution in [0.15, 0.2) is 124 Å². The fourth-order valence-corrected chi connectivity index (χ4v) is 12.5. The van der Waals surface area contributed by atoms with E-state index < -0.39 is 153 Å². The summed E-state index contributed by atoms with van der Waals surface area (Å²) < 4.78 is 190. The Morgan fingerprint density at radius 2 is 0.778 bits per heavy atom. The molecule has 4 aliphatic carbocycles. The molecule has 4 amide bonds. The van der Waals surface area contributed by atoms with Gasteiger partial charge in [-0.2, -0.15) is 20.4 Å². The lowest BCUT2D eigenvalue weighted by Crippen LogP contribution is -2.25. The molecule has 10 atom stereocenters. The van der Waals surface area contributed by atoms with Crippen LogP contribution in [-0.4, -0.2) is 123 Å². The van der Waals surface area contributed by atoms with Crippen molar-refractivity contribution in [3.63, 3.8) is 0 Å². The minimum Gasteiger partial charge on any atom is -0.370 e. The number of primary amides is 4. The second kappa shape index (κ2) is 29.9. The molecule has 99 heavy (non-hydrogen) atoms. The third-order valence-corrected chi connectivity index (χ3v) is 17.1. The first-order valence-electron chi connectivity index (χ1n) is 42.6. The number of fused-ring (bicyclic) bond motifs is 4. The summed E-state index contributed by atoms with van der Waals surface area (Å²) in [7, 11) is 0. The predicted molar refractivity (Wildman–Crippen MR) is 373 cm³/mol. The van der Waals surface area contributed by atoms with Crippen LogP contribution in [0, 0.1) is 41.3 Å². The molecule has 0 spiro atoms. The number of aromatic amines is 4. The van der Waals surface area contributed by atoms with Gasteiger partial charge in [0.2, 0.25) is 23.6 Å². The first-order chi connectivity index (χ1) is 56.2. The van der Waals surface area contributed by atoms with E-state index in [4.69, 9.17) is 53.1 Å². The molecule has 28 heteroatoms. The molecule has 514 valence electrons. The summed E-state index contributed by atoms with van der Waals surface area (Å²) in [5.74, 6) is -15.1. The molecule has 0 aliphatic heterocycles. The zero-order valence-corrected chi connectivity index (χ0v) is 53.8. The van der Waals surface area contributed by atoms with E-state index >= 15 is 0 Å². The largest absolute Gasteiger partial charge is 0.370 e. The van der Waals surface area contributed by atoms with E-state index in [2.05, 4.69) is 80.2 Å². The number of nitrogens with one attached hydrogen (secondary N) is 4. The summed E-state index contributed by atoms with van der Waals surface area (Å²) in [4.78, 5) is 92.9. The van der Waals surface area contributed by atoms with E-state index in [-0.39, 0.29) is 38.0 Å². The average Bonchev–Trinajstić information content (AvgIpc) is 1.49. The fraction of sp³-hybridized carbons (Fsp3) is 0.437. The lowest BCUT2D eigenvalue weighted by Gasteiger charge is -2.23. The second-order valence-corrected chi connectivity index (χ2v) is 24.0. The van der Waals surface area contributed by atoms with Crippen molar-refractivity contribution in [2.24, 2.45) is 64.3 Å². The van der Waals surface area contributed by atoms with E-state index in [0.717, 1.165) is 46.2 Å². The van der Waals surface area contributed by atoms with Gasteiger partial charge in [0.15, 0.2) is 0 Å². The molecule has 0 radical (unpaired) electrons. The molecular weight excluding hydrogens is 1250 g/mol. The van der Waals surface area contributed by atoms with Crippen LogP contribution < -0.4 is 22.9 Å². The van der Waals surface area contributed by atoms with E-state index in [1.807, 2.05) is 12.1 Å². The second-order valence-electron chi connectivity index (χ2n) is 24.0. The molecule has 0 saturated heterocycles. The highest BCUT2D eigenvalue weighted by atomic mass is 16.2. The summed E-state index contributed by atoms with van der Waals surface area (Å²) in [5.41, 5.74) is 28.9. The van der Waals surface area contributed by atoms with E-state index in [9.17, 15) is 19.2 Å². The third-order valence-electron chi connectivity index (χ3n) is 17.1. The number of rotatable bonds is 20. The fourth-order valence-electron chi connectivity index (χ4n) is 12.5. The van der Waals surface area contributed by atoms with Gasteiger partial charge in [-0.25, -0.2) is 39.9 Å². The molecule has 4 fully saturated rings. The van der Waals surface area contributed by atoms with Crippen LogP contribution in [0.4, 0.5) is 0 Å². The third kappa shape index (κ3) is 15.3. The summed E-state index contributed by atoms with van der Waals surface area (Å²) in [5, 5.41) is 20.2. The molecule has 12 aromatic heterocycles. The maximum atomic E-state index is 11.9. The highest BCUT2D eigenvalue weighted by Gasteiger charge is 2.35. The first-order valence-corrected chi connectivity index (χ1v) is 31.6. The quantitative estimate of drug-likeness (QED) is 0.0351. The minimum atomic E-state index is -3.19. The Balaban J connectivity index is 0.000000140. The number of carbonyl (C=O) groups is 4. The number of nitrogens with zero attached hydrogens (tertiary/aromatic N) is 16. The molecule has 0 aromatic carbocycles. The Kier molecular flexibility index (Phi) is 13.6. The minimum absolute atomic E-state index is 0.0429. The van der Waals surface area contributed by atoms with Gasteiger partial charge in [0.25, 0.3) is 0 Å². The lowest BCUT2D eigenvalue weighted by molar-refractivity contribution is -0.120. The summed E-state index contributed by atoms with van der Waals surface area (Å²) in [6.45, 7) is 3.55. The van der Waals surface area contributed by atoms with Gasteiger partial charge in [-0.3, -0.25) is 37.9 Å². The molecule has 4 aliphatic rings. The lowest BCUT2D eigenvalue weighted by atomic mass is 9.94. The van der Waals surface area contributed by atoms with Crippen molar-refractivity contribution in [2.75, 3.05) is 0 Å². The normalized spacial score (nSPS) is 31.3. The molecule has 12 aromatic rings. The van der Waals surface area contributed by atoms with Crippen LogP contribution in [0.25, 0.3) is 89.2 Å². The zero-order chi connectivity index (χ0) is 88.5. The number of aromatic nitrogens is 20. The van der Waals surface area contributed by atoms with Gasteiger partial charge in [-0.15, -0.1) is 0 Å². The van der Waals surface area contributed by atoms with Crippen molar-refractivity contribution in [2.45, 2.75) is 154 Å². The molecular formula is C71H86N24O4. The SMILES string of the molecule is [2H]C1([2H])C([2H])([2H])C([2H])([C@@H](CC(N)=O)n2cc(-c3ncnc4[nH]ccc34)cn2)C([2H])([2H])C1([2H])C.[2H]C1([2H])C([C@@H](CC(N)=O)n2cc(-c3ncnc4[nH]ccc34)cn2)C([2H])([2H])C([2H])(C)C1([2H])[2H].[2H]C1([2H])CC([C@@H](CC(N)=O)n2cc(-c3ncnc4[nH]ccc34)cn2)CC1([2H])C.[2H]C1([2H])CCC([2H])([2H])C1[C@@H](CC(N)=O)n1cc(-c2ncnc3[nH]ccc23)cn1. The average molecular weight is 1360 g/mol. The molecule has 0 bridgehead atoms. The van der Waals surface area contributed by atoms with Crippen molar-refractivity contribution >= 4 is 67.8 Å². The van der Waals surface area contributed by atoms with Gasteiger partial charge in [-0.1, -0.05) is 52.7 Å². The van der Waals surface area contributed by atoms with E-state index in [0.29, 0.717) is 67.9 Å². The van der Waals surface area contributed by atoms with Gasteiger partial charge < -0.3 is 42.9 Å². The summed E-state index contributed by atoms with van der Waals surface area (Å²) in [6, 6.07) is 3.09. The van der Waals surface area contributed by atoms with Crippen molar-refractivity contribution < 1.29 is 49.3 Å². The number of H-pyrrole nitrogens is 4.